The fourth-order valence-electron chi connectivity index (χ4n) is 2.01. The Balaban J connectivity index is 0.000000741. The summed E-state index contributed by atoms with van der Waals surface area (Å²) < 4.78 is 5.08. The molecule has 0 aliphatic carbocycles. The standard InChI is InChI=1S/C12H17NO2.2C2H6/c1-15-10-6-4-9(5-7-10)12(14)11-3-2-8-13-11;2*1-2/h4-7,11-14H,2-3,8H2,1H3;2*1-2H3. The minimum atomic E-state index is -0.404. The molecule has 0 aromatic heterocycles. The Bertz CT molecular complexity index is 305. The molecule has 2 N–H and O–H groups in total. The molecule has 110 valence electrons. The molecule has 3 nitrogen and oxygen atoms in total. The molecule has 1 aliphatic heterocycles. The van der Waals surface area contributed by atoms with Gasteiger partial charge in [-0.2, -0.15) is 0 Å². The molecule has 1 aromatic rings. The lowest BCUT2D eigenvalue weighted by atomic mass is 10.0. The van der Waals surface area contributed by atoms with Crippen LogP contribution in [0.25, 0.3) is 0 Å². The van der Waals surface area contributed by atoms with Crippen LogP contribution in [0.2, 0.25) is 0 Å². The van der Waals surface area contributed by atoms with Gasteiger partial charge in [0, 0.05) is 6.04 Å². The number of benzene rings is 1. The molecule has 0 bridgehead atoms. The summed E-state index contributed by atoms with van der Waals surface area (Å²) in [6.45, 7) is 9.01. The molecule has 2 atom stereocenters. The van der Waals surface area contributed by atoms with Gasteiger partial charge in [0.05, 0.1) is 13.2 Å². The molecular formula is C16H29NO2. The number of aliphatic hydroxyl groups is 1. The second kappa shape index (κ2) is 10.8. The number of ether oxygens (including phenoxy) is 1. The SMILES string of the molecule is CC.CC.COc1ccc(C(O)C2CCCN2)cc1. The fraction of sp³-hybridized carbons (Fsp3) is 0.625. The van der Waals surface area contributed by atoms with E-state index in [-0.39, 0.29) is 6.04 Å². The summed E-state index contributed by atoms with van der Waals surface area (Å²) in [5.74, 6) is 0.824. The van der Waals surface area contributed by atoms with E-state index in [1.165, 1.54) is 0 Å². The van der Waals surface area contributed by atoms with E-state index < -0.39 is 6.10 Å². The highest BCUT2D eigenvalue weighted by molar-refractivity contribution is 5.29. The Morgan fingerprint density at radius 2 is 1.74 bits per heavy atom. The molecule has 1 fully saturated rings. The molecule has 0 spiro atoms. The van der Waals surface area contributed by atoms with E-state index in [2.05, 4.69) is 5.32 Å². The Hall–Kier alpha value is -1.06. The maximum atomic E-state index is 10.1. The molecule has 1 saturated heterocycles. The third kappa shape index (κ3) is 5.62. The summed E-state index contributed by atoms with van der Waals surface area (Å²) in [7, 11) is 1.64. The quantitative estimate of drug-likeness (QED) is 0.880. The van der Waals surface area contributed by atoms with Gasteiger partial charge >= 0.3 is 0 Å². The summed E-state index contributed by atoms with van der Waals surface area (Å²) in [5, 5.41) is 13.4. The molecule has 19 heavy (non-hydrogen) atoms. The molecule has 1 aromatic carbocycles. The first-order valence-corrected chi connectivity index (χ1v) is 7.36. The predicted octanol–water partition coefficient (Wildman–Crippen LogP) is 3.53. The highest BCUT2D eigenvalue weighted by Crippen LogP contribution is 2.24. The number of aliphatic hydroxyl groups excluding tert-OH is 1. The molecule has 0 amide bonds. The average Bonchev–Trinajstić information content (AvgIpc) is 3.05. The summed E-state index contributed by atoms with van der Waals surface area (Å²) >= 11 is 0. The van der Waals surface area contributed by atoms with Crippen LogP contribution in [0, 0.1) is 0 Å². The number of methoxy groups -OCH3 is 1. The van der Waals surface area contributed by atoms with Gasteiger partial charge in [-0.05, 0) is 37.1 Å². The van der Waals surface area contributed by atoms with Crippen molar-refractivity contribution >= 4 is 0 Å². The van der Waals surface area contributed by atoms with Crippen molar-refractivity contribution in [3.63, 3.8) is 0 Å². The minimum absolute atomic E-state index is 0.207. The van der Waals surface area contributed by atoms with E-state index >= 15 is 0 Å². The van der Waals surface area contributed by atoms with E-state index in [9.17, 15) is 5.11 Å². The summed E-state index contributed by atoms with van der Waals surface area (Å²) in [6.07, 6.45) is 1.80. The maximum absolute atomic E-state index is 10.1. The van der Waals surface area contributed by atoms with Gasteiger partial charge < -0.3 is 15.2 Å². The van der Waals surface area contributed by atoms with Gasteiger partial charge in [0.1, 0.15) is 5.75 Å². The van der Waals surface area contributed by atoms with Crippen LogP contribution in [0.15, 0.2) is 24.3 Å². The highest BCUT2D eigenvalue weighted by Gasteiger charge is 2.23. The Morgan fingerprint density at radius 1 is 1.16 bits per heavy atom. The number of hydrogen-bond donors (Lipinski definition) is 2. The van der Waals surface area contributed by atoms with E-state index in [0.717, 1.165) is 30.7 Å². The van der Waals surface area contributed by atoms with Crippen LogP contribution in [0.5, 0.6) is 5.75 Å². The zero-order valence-corrected chi connectivity index (χ0v) is 12.9. The van der Waals surface area contributed by atoms with Crippen LogP contribution >= 0.6 is 0 Å². The fourth-order valence-corrected chi connectivity index (χ4v) is 2.01. The second-order valence-corrected chi connectivity index (χ2v) is 3.92. The van der Waals surface area contributed by atoms with Crippen molar-refractivity contribution in [3.8, 4) is 5.75 Å². The zero-order chi connectivity index (χ0) is 14.7. The van der Waals surface area contributed by atoms with Crippen molar-refractivity contribution in [1.82, 2.24) is 5.32 Å². The summed E-state index contributed by atoms with van der Waals surface area (Å²) in [6, 6.07) is 7.81. The van der Waals surface area contributed by atoms with Gasteiger partial charge in [0.15, 0.2) is 0 Å². The molecule has 1 aliphatic rings. The van der Waals surface area contributed by atoms with Crippen molar-refractivity contribution in [2.75, 3.05) is 13.7 Å². The van der Waals surface area contributed by atoms with Crippen LogP contribution in [-0.2, 0) is 0 Å². The number of hydrogen-bond acceptors (Lipinski definition) is 3. The van der Waals surface area contributed by atoms with Crippen molar-refractivity contribution in [1.29, 1.82) is 0 Å². The third-order valence-corrected chi connectivity index (χ3v) is 2.94. The van der Waals surface area contributed by atoms with Crippen molar-refractivity contribution in [2.24, 2.45) is 0 Å². The number of nitrogens with one attached hydrogen (secondary N) is 1. The smallest absolute Gasteiger partial charge is 0.118 e. The van der Waals surface area contributed by atoms with Gasteiger partial charge in [-0.25, -0.2) is 0 Å². The summed E-state index contributed by atoms with van der Waals surface area (Å²) in [5.41, 5.74) is 0.954. The van der Waals surface area contributed by atoms with E-state index in [4.69, 9.17) is 4.74 Å². The summed E-state index contributed by atoms with van der Waals surface area (Å²) in [4.78, 5) is 0. The van der Waals surface area contributed by atoms with Gasteiger partial charge in [0.2, 0.25) is 0 Å². The Morgan fingerprint density at radius 3 is 2.16 bits per heavy atom. The van der Waals surface area contributed by atoms with Crippen LogP contribution in [0.1, 0.15) is 52.2 Å². The molecule has 1 heterocycles. The number of rotatable bonds is 3. The average molecular weight is 267 g/mol. The highest BCUT2D eigenvalue weighted by atomic mass is 16.5. The van der Waals surface area contributed by atoms with Crippen molar-refractivity contribution in [3.05, 3.63) is 29.8 Å². The third-order valence-electron chi connectivity index (χ3n) is 2.94. The van der Waals surface area contributed by atoms with Gasteiger partial charge in [-0.3, -0.25) is 0 Å². The first-order valence-electron chi connectivity index (χ1n) is 7.36. The van der Waals surface area contributed by atoms with E-state index in [1.807, 2.05) is 52.0 Å². The molecule has 0 radical (unpaired) electrons. The lowest BCUT2D eigenvalue weighted by Crippen LogP contribution is -2.28. The van der Waals surface area contributed by atoms with Crippen molar-refractivity contribution < 1.29 is 9.84 Å². The Labute approximate surface area is 118 Å². The van der Waals surface area contributed by atoms with Crippen LogP contribution in [0.3, 0.4) is 0 Å². The predicted molar refractivity (Wildman–Crippen MR) is 81.7 cm³/mol. The largest absolute Gasteiger partial charge is 0.497 e. The minimum Gasteiger partial charge on any atom is -0.497 e. The van der Waals surface area contributed by atoms with Gasteiger partial charge in [-0.1, -0.05) is 39.8 Å². The monoisotopic (exact) mass is 267 g/mol. The van der Waals surface area contributed by atoms with Crippen molar-refractivity contribution in [2.45, 2.75) is 52.7 Å². The lowest BCUT2D eigenvalue weighted by molar-refractivity contribution is 0.137. The Kier molecular flexibility index (Phi) is 10.2. The zero-order valence-electron chi connectivity index (χ0n) is 12.9. The normalized spacial score (nSPS) is 18.5. The second-order valence-electron chi connectivity index (χ2n) is 3.92. The van der Waals surface area contributed by atoms with Gasteiger partial charge in [0.25, 0.3) is 0 Å². The molecule has 2 unspecified atom stereocenters. The van der Waals surface area contributed by atoms with Gasteiger partial charge in [-0.15, -0.1) is 0 Å². The van der Waals surface area contributed by atoms with E-state index in [0.29, 0.717) is 0 Å². The van der Waals surface area contributed by atoms with Crippen LogP contribution in [0.4, 0.5) is 0 Å². The molecule has 2 rings (SSSR count). The molecule has 0 saturated carbocycles. The lowest BCUT2D eigenvalue weighted by Gasteiger charge is -2.18. The van der Waals surface area contributed by atoms with E-state index in [1.54, 1.807) is 7.11 Å². The first-order chi connectivity index (χ1) is 9.31. The topological polar surface area (TPSA) is 41.5 Å². The maximum Gasteiger partial charge on any atom is 0.118 e. The van der Waals surface area contributed by atoms with Crippen LogP contribution < -0.4 is 10.1 Å². The molecular weight excluding hydrogens is 238 g/mol. The first kappa shape index (κ1) is 17.9. The van der Waals surface area contributed by atoms with Crippen LogP contribution in [-0.4, -0.2) is 24.8 Å². The molecule has 3 heteroatoms.